The van der Waals surface area contributed by atoms with Gasteiger partial charge in [-0.1, -0.05) is 17.7 Å². The Hall–Kier alpha value is -2.14. The summed E-state index contributed by atoms with van der Waals surface area (Å²) in [5.74, 6) is -1.30. The molecule has 0 fully saturated rings. The first kappa shape index (κ1) is 12.3. The Morgan fingerprint density at radius 1 is 1.33 bits per heavy atom. The van der Waals surface area contributed by atoms with E-state index in [-0.39, 0.29) is 11.5 Å². The molecule has 1 heterocycles. The Kier molecular flexibility index (Phi) is 3.43. The van der Waals surface area contributed by atoms with Crippen molar-refractivity contribution < 1.29 is 14.3 Å². The molecule has 0 unspecified atom stereocenters. The smallest absolute Gasteiger partial charge is 0.354 e. The van der Waals surface area contributed by atoms with E-state index >= 15 is 0 Å². The lowest BCUT2D eigenvalue weighted by atomic mass is 10.3. The van der Waals surface area contributed by atoms with Crippen LogP contribution in [0.3, 0.4) is 0 Å². The number of halogens is 2. The first-order valence-electron chi connectivity index (χ1n) is 4.98. The van der Waals surface area contributed by atoms with Gasteiger partial charge in [-0.25, -0.2) is 14.2 Å². The Morgan fingerprint density at radius 2 is 2.11 bits per heavy atom. The topological polar surface area (TPSA) is 62.2 Å². The summed E-state index contributed by atoms with van der Waals surface area (Å²) in [6.45, 7) is 0. The summed E-state index contributed by atoms with van der Waals surface area (Å²) < 4.78 is 13.0. The van der Waals surface area contributed by atoms with Gasteiger partial charge in [0.1, 0.15) is 11.6 Å². The monoisotopic (exact) mass is 266 g/mol. The molecule has 0 spiro atoms. The number of hydrogen-bond donors (Lipinski definition) is 2. The first-order chi connectivity index (χ1) is 8.56. The molecular weight excluding hydrogens is 259 g/mol. The highest BCUT2D eigenvalue weighted by atomic mass is 35.5. The minimum atomic E-state index is -1.14. The lowest BCUT2D eigenvalue weighted by Crippen LogP contribution is -2.02. The number of anilines is 2. The van der Waals surface area contributed by atoms with E-state index in [1.54, 1.807) is 6.07 Å². The van der Waals surface area contributed by atoms with Crippen molar-refractivity contribution in [3.63, 3.8) is 0 Å². The maximum Gasteiger partial charge on any atom is 0.354 e. The van der Waals surface area contributed by atoms with E-state index in [1.807, 2.05) is 0 Å². The maximum atomic E-state index is 13.0. The third-order valence-corrected chi connectivity index (χ3v) is 2.49. The number of carbonyl (C=O) groups is 1. The summed E-state index contributed by atoms with van der Waals surface area (Å²) in [7, 11) is 0. The second-order valence-corrected chi connectivity index (χ2v) is 3.87. The predicted octanol–water partition coefficient (Wildman–Crippen LogP) is 3.32. The largest absolute Gasteiger partial charge is 0.477 e. The minimum absolute atomic E-state index is 0.104. The van der Waals surface area contributed by atoms with Gasteiger partial charge < -0.3 is 10.4 Å². The van der Waals surface area contributed by atoms with Crippen molar-refractivity contribution in [2.75, 3.05) is 5.32 Å². The highest BCUT2D eigenvalue weighted by molar-refractivity contribution is 6.33. The molecule has 0 bridgehead atoms. The Morgan fingerprint density at radius 3 is 2.83 bits per heavy atom. The van der Waals surface area contributed by atoms with Crippen LogP contribution < -0.4 is 5.32 Å². The average molecular weight is 267 g/mol. The predicted molar refractivity (Wildman–Crippen MR) is 65.9 cm³/mol. The first-order valence-corrected chi connectivity index (χ1v) is 5.36. The average Bonchev–Trinajstić information content (AvgIpc) is 2.34. The van der Waals surface area contributed by atoms with Crippen molar-refractivity contribution >= 4 is 29.1 Å². The second-order valence-electron chi connectivity index (χ2n) is 3.46. The van der Waals surface area contributed by atoms with Crippen molar-refractivity contribution in [3.8, 4) is 0 Å². The van der Waals surface area contributed by atoms with Crippen LogP contribution >= 0.6 is 11.6 Å². The van der Waals surface area contributed by atoms with Gasteiger partial charge in [0.2, 0.25) is 0 Å². The number of rotatable bonds is 3. The van der Waals surface area contributed by atoms with E-state index in [1.165, 1.54) is 30.3 Å². The quantitative estimate of drug-likeness (QED) is 0.895. The minimum Gasteiger partial charge on any atom is -0.477 e. The standard InChI is InChI=1S/C12H8ClFN2O2/c13-8-5-4-7(14)6-10(8)16-11-3-1-2-9(15-11)12(17)18/h1-6H,(H,15,16)(H,17,18). The molecule has 1 aromatic heterocycles. The molecule has 0 aliphatic rings. The number of carboxylic acid groups (broad SMARTS) is 1. The summed E-state index contributed by atoms with van der Waals surface area (Å²) in [6.07, 6.45) is 0. The van der Waals surface area contributed by atoms with Gasteiger partial charge in [0.15, 0.2) is 5.69 Å². The fourth-order valence-corrected chi connectivity index (χ4v) is 1.52. The SMILES string of the molecule is O=C(O)c1cccc(Nc2cc(F)ccc2Cl)n1. The molecule has 0 saturated heterocycles. The van der Waals surface area contributed by atoms with Crippen LogP contribution in [0, 0.1) is 5.82 Å². The van der Waals surface area contributed by atoms with Gasteiger partial charge in [-0.2, -0.15) is 0 Å². The van der Waals surface area contributed by atoms with Crippen molar-refractivity contribution in [1.29, 1.82) is 0 Å². The number of benzene rings is 1. The molecule has 0 atom stereocenters. The van der Waals surface area contributed by atoms with Gasteiger partial charge in [-0.05, 0) is 30.3 Å². The Balaban J connectivity index is 2.31. The molecule has 4 nitrogen and oxygen atoms in total. The van der Waals surface area contributed by atoms with Crippen LogP contribution in [0.2, 0.25) is 5.02 Å². The number of hydrogen-bond acceptors (Lipinski definition) is 3. The van der Waals surface area contributed by atoms with E-state index in [0.29, 0.717) is 10.7 Å². The Bertz CT molecular complexity index is 604. The third kappa shape index (κ3) is 2.75. The highest BCUT2D eigenvalue weighted by Crippen LogP contribution is 2.25. The zero-order valence-electron chi connectivity index (χ0n) is 9.02. The molecule has 0 aliphatic carbocycles. The van der Waals surface area contributed by atoms with Crippen molar-refractivity contribution in [2.24, 2.45) is 0 Å². The molecule has 18 heavy (non-hydrogen) atoms. The van der Waals surface area contributed by atoms with Gasteiger partial charge in [-0.3, -0.25) is 0 Å². The van der Waals surface area contributed by atoms with Crippen LogP contribution in [0.1, 0.15) is 10.5 Å². The molecule has 0 radical (unpaired) electrons. The van der Waals surface area contributed by atoms with Crippen LogP contribution in [0.25, 0.3) is 0 Å². The van der Waals surface area contributed by atoms with Gasteiger partial charge in [0, 0.05) is 0 Å². The lowest BCUT2D eigenvalue weighted by Gasteiger charge is -2.08. The molecule has 2 aromatic rings. The van der Waals surface area contributed by atoms with Crippen LogP contribution in [-0.4, -0.2) is 16.1 Å². The number of nitrogens with zero attached hydrogens (tertiary/aromatic N) is 1. The third-order valence-electron chi connectivity index (χ3n) is 2.16. The summed E-state index contributed by atoms with van der Waals surface area (Å²) in [5, 5.41) is 11.9. The molecule has 2 N–H and O–H groups in total. The van der Waals surface area contributed by atoms with Crippen LogP contribution in [0.4, 0.5) is 15.9 Å². The molecule has 1 aromatic carbocycles. The number of pyridine rings is 1. The lowest BCUT2D eigenvalue weighted by molar-refractivity contribution is 0.0690. The number of aromatic carboxylic acids is 1. The van der Waals surface area contributed by atoms with Crippen LogP contribution in [0.15, 0.2) is 36.4 Å². The number of nitrogens with one attached hydrogen (secondary N) is 1. The molecule has 0 amide bonds. The molecular formula is C12H8ClFN2O2. The number of carboxylic acids is 1. The van der Waals surface area contributed by atoms with Gasteiger partial charge in [0.25, 0.3) is 0 Å². The zero-order chi connectivity index (χ0) is 13.1. The summed E-state index contributed by atoms with van der Waals surface area (Å²) in [4.78, 5) is 14.6. The van der Waals surface area contributed by atoms with E-state index in [2.05, 4.69) is 10.3 Å². The number of aromatic nitrogens is 1. The summed E-state index contributed by atoms with van der Waals surface area (Å²) in [5.41, 5.74) is 0.222. The molecule has 0 aliphatic heterocycles. The zero-order valence-corrected chi connectivity index (χ0v) is 9.78. The summed E-state index contributed by atoms with van der Waals surface area (Å²) in [6, 6.07) is 8.30. The van der Waals surface area contributed by atoms with E-state index < -0.39 is 11.8 Å². The maximum absolute atomic E-state index is 13.0. The second kappa shape index (κ2) is 5.01. The fourth-order valence-electron chi connectivity index (χ4n) is 1.35. The Labute approximate surface area is 107 Å². The van der Waals surface area contributed by atoms with Crippen molar-refractivity contribution in [1.82, 2.24) is 4.98 Å². The van der Waals surface area contributed by atoms with Gasteiger partial charge >= 0.3 is 5.97 Å². The fraction of sp³-hybridized carbons (Fsp3) is 0. The summed E-state index contributed by atoms with van der Waals surface area (Å²) >= 11 is 5.88. The van der Waals surface area contributed by atoms with E-state index in [9.17, 15) is 9.18 Å². The van der Waals surface area contributed by atoms with Gasteiger partial charge in [-0.15, -0.1) is 0 Å². The van der Waals surface area contributed by atoms with Crippen LogP contribution in [0.5, 0.6) is 0 Å². The van der Waals surface area contributed by atoms with Crippen molar-refractivity contribution in [2.45, 2.75) is 0 Å². The van der Waals surface area contributed by atoms with Crippen LogP contribution in [-0.2, 0) is 0 Å². The van der Waals surface area contributed by atoms with Crippen molar-refractivity contribution in [3.05, 3.63) is 52.9 Å². The van der Waals surface area contributed by atoms with Gasteiger partial charge in [0.05, 0.1) is 10.7 Å². The highest BCUT2D eigenvalue weighted by Gasteiger charge is 2.07. The van der Waals surface area contributed by atoms with E-state index in [4.69, 9.17) is 16.7 Å². The molecule has 0 saturated carbocycles. The molecule has 6 heteroatoms. The van der Waals surface area contributed by atoms with E-state index in [0.717, 1.165) is 0 Å². The normalized spacial score (nSPS) is 10.1. The molecule has 92 valence electrons. The molecule has 2 rings (SSSR count).